The van der Waals surface area contributed by atoms with Crippen LogP contribution in [-0.2, 0) is 9.53 Å². The molecule has 1 rings (SSSR count). The van der Waals surface area contributed by atoms with Crippen molar-refractivity contribution in [3.63, 3.8) is 0 Å². The first-order valence-corrected chi connectivity index (χ1v) is 4.83. The van der Waals surface area contributed by atoms with E-state index in [-0.39, 0.29) is 13.2 Å². The number of rotatable bonds is 5. The Labute approximate surface area is 94.1 Å². The van der Waals surface area contributed by atoms with Crippen molar-refractivity contribution in [1.29, 1.82) is 0 Å². The molecule has 0 bridgehead atoms. The summed E-state index contributed by atoms with van der Waals surface area (Å²) >= 11 is 0. The summed E-state index contributed by atoms with van der Waals surface area (Å²) in [6.07, 6.45) is 3.44. The van der Waals surface area contributed by atoms with Gasteiger partial charge in [0.15, 0.2) is 6.61 Å². The van der Waals surface area contributed by atoms with Gasteiger partial charge in [-0.2, -0.15) is 0 Å². The van der Waals surface area contributed by atoms with Crippen LogP contribution < -0.4 is 4.74 Å². The molecule has 0 unspecified atom stereocenters. The number of benzene rings is 1. The minimum atomic E-state index is -0.413. The van der Waals surface area contributed by atoms with E-state index in [2.05, 4.69) is 4.74 Å². The van der Waals surface area contributed by atoms with Gasteiger partial charge in [-0.25, -0.2) is 4.79 Å². The summed E-state index contributed by atoms with van der Waals surface area (Å²) in [5.41, 5.74) is 0.958. The first-order valence-electron chi connectivity index (χ1n) is 4.83. The van der Waals surface area contributed by atoms with Crippen LogP contribution in [0.3, 0.4) is 0 Å². The average Bonchev–Trinajstić information content (AvgIpc) is 2.34. The van der Waals surface area contributed by atoms with Gasteiger partial charge in [0.25, 0.3) is 0 Å². The highest BCUT2D eigenvalue weighted by Gasteiger charge is 2.00. The number of esters is 1. The van der Waals surface area contributed by atoms with Gasteiger partial charge in [0.2, 0.25) is 0 Å². The van der Waals surface area contributed by atoms with Crippen LogP contribution >= 0.6 is 0 Å². The maximum Gasteiger partial charge on any atom is 0.343 e. The summed E-state index contributed by atoms with van der Waals surface area (Å²) in [5, 5.41) is 8.59. The number of hydrogen-bond acceptors (Lipinski definition) is 4. The van der Waals surface area contributed by atoms with Crippen LogP contribution in [0.1, 0.15) is 5.56 Å². The number of methoxy groups -OCH3 is 1. The van der Waals surface area contributed by atoms with E-state index >= 15 is 0 Å². The van der Waals surface area contributed by atoms with Crippen molar-refractivity contribution in [2.75, 3.05) is 20.3 Å². The van der Waals surface area contributed by atoms with Crippen molar-refractivity contribution in [3.8, 4) is 5.75 Å². The van der Waals surface area contributed by atoms with Crippen LogP contribution in [0.25, 0.3) is 6.08 Å². The third kappa shape index (κ3) is 4.14. The second-order valence-electron chi connectivity index (χ2n) is 3.02. The lowest BCUT2D eigenvalue weighted by atomic mass is 10.2. The number of hydrogen-bond donors (Lipinski definition) is 1. The zero-order valence-electron chi connectivity index (χ0n) is 9.05. The molecule has 0 aliphatic carbocycles. The molecule has 4 heteroatoms. The van der Waals surface area contributed by atoms with Gasteiger partial charge in [-0.05, 0) is 17.7 Å². The molecular weight excluding hydrogens is 208 g/mol. The van der Waals surface area contributed by atoms with Crippen LogP contribution in [0.15, 0.2) is 30.3 Å². The van der Waals surface area contributed by atoms with Crippen LogP contribution in [0.4, 0.5) is 0 Å². The molecule has 1 aromatic carbocycles. The number of carbonyl (C=O) groups excluding carboxylic acids is 1. The van der Waals surface area contributed by atoms with Crippen molar-refractivity contribution in [1.82, 2.24) is 0 Å². The van der Waals surface area contributed by atoms with Crippen LogP contribution in [0.2, 0.25) is 0 Å². The largest absolute Gasteiger partial charge is 0.482 e. The Bertz CT molecular complexity index is 354. The van der Waals surface area contributed by atoms with Gasteiger partial charge in [-0.3, -0.25) is 0 Å². The third-order valence-electron chi connectivity index (χ3n) is 1.88. The number of carbonyl (C=O) groups is 1. The number of ether oxygens (including phenoxy) is 2. The summed E-state index contributed by atoms with van der Waals surface area (Å²) in [6, 6.07) is 7.16. The molecule has 0 atom stereocenters. The molecule has 0 aliphatic rings. The van der Waals surface area contributed by atoms with Crippen molar-refractivity contribution in [2.45, 2.75) is 0 Å². The maximum absolute atomic E-state index is 10.8. The minimum Gasteiger partial charge on any atom is -0.482 e. The molecule has 4 nitrogen and oxygen atoms in total. The van der Waals surface area contributed by atoms with Crippen LogP contribution in [-0.4, -0.2) is 31.4 Å². The van der Waals surface area contributed by atoms with Gasteiger partial charge in [-0.1, -0.05) is 24.3 Å². The van der Waals surface area contributed by atoms with E-state index in [0.29, 0.717) is 5.75 Å². The summed E-state index contributed by atoms with van der Waals surface area (Å²) in [5.74, 6) is 0.191. The molecule has 16 heavy (non-hydrogen) atoms. The fourth-order valence-electron chi connectivity index (χ4n) is 1.07. The molecule has 0 heterocycles. The van der Waals surface area contributed by atoms with Gasteiger partial charge in [0, 0.05) is 0 Å². The summed E-state index contributed by atoms with van der Waals surface area (Å²) < 4.78 is 9.62. The second-order valence-corrected chi connectivity index (χ2v) is 3.02. The Morgan fingerprint density at radius 3 is 2.62 bits per heavy atom. The van der Waals surface area contributed by atoms with Gasteiger partial charge in [0.05, 0.1) is 13.7 Å². The van der Waals surface area contributed by atoms with E-state index in [4.69, 9.17) is 9.84 Å². The second kappa shape index (κ2) is 6.63. The Morgan fingerprint density at radius 2 is 2.06 bits per heavy atom. The molecule has 0 fully saturated rings. The molecule has 0 radical (unpaired) electrons. The van der Waals surface area contributed by atoms with Gasteiger partial charge >= 0.3 is 5.97 Å². The Hall–Kier alpha value is -1.81. The first-order chi connectivity index (χ1) is 7.76. The van der Waals surface area contributed by atoms with Crippen molar-refractivity contribution in [3.05, 3.63) is 35.9 Å². The summed E-state index contributed by atoms with van der Waals surface area (Å²) in [7, 11) is 1.31. The predicted molar refractivity (Wildman–Crippen MR) is 60.1 cm³/mol. The average molecular weight is 222 g/mol. The van der Waals surface area contributed by atoms with E-state index in [1.165, 1.54) is 7.11 Å². The molecule has 1 N–H and O–H groups in total. The SMILES string of the molecule is COC(=O)COc1ccc(C=CCO)cc1. The molecular formula is C12H14O4. The van der Waals surface area contributed by atoms with Crippen LogP contribution in [0.5, 0.6) is 5.75 Å². The van der Waals surface area contributed by atoms with Crippen molar-refractivity contribution < 1.29 is 19.4 Å². The molecule has 0 saturated heterocycles. The molecule has 0 amide bonds. The molecule has 0 spiro atoms. The smallest absolute Gasteiger partial charge is 0.343 e. The third-order valence-corrected chi connectivity index (χ3v) is 1.88. The maximum atomic E-state index is 10.8. The molecule has 0 saturated carbocycles. The fraction of sp³-hybridized carbons (Fsp3) is 0.250. The summed E-state index contributed by atoms with van der Waals surface area (Å²) in [6.45, 7) is -0.0804. The zero-order chi connectivity index (χ0) is 11.8. The summed E-state index contributed by atoms with van der Waals surface area (Å²) in [4.78, 5) is 10.8. The highest BCUT2D eigenvalue weighted by atomic mass is 16.6. The normalized spacial score (nSPS) is 10.4. The van der Waals surface area contributed by atoms with Crippen molar-refractivity contribution >= 4 is 12.0 Å². The van der Waals surface area contributed by atoms with E-state index in [9.17, 15) is 4.79 Å². The predicted octanol–water partition coefficient (Wildman–Crippen LogP) is 1.24. The lowest BCUT2D eigenvalue weighted by Gasteiger charge is -2.04. The van der Waals surface area contributed by atoms with Gasteiger partial charge in [-0.15, -0.1) is 0 Å². The fourth-order valence-corrected chi connectivity index (χ4v) is 1.07. The monoisotopic (exact) mass is 222 g/mol. The topological polar surface area (TPSA) is 55.8 Å². The van der Waals surface area contributed by atoms with Gasteiger partial charge in [0.1, 0.15) is 5.75 Å². The van der Waals surface area contributed by atoms with Crippen LogP contribution in [0, 0.1) is 0 Å². The van der Waals surface area contributed by atoms with Crippen molar-refractivity contribution in [2.24, 2.45) is 0 Å². The molecule has 86 valence electrons. The molecule has 1 aromatic rings. The number of aliphatic hydroxyl groups is 1. The molecule has 0 aromatic heterocycles. The van der Waals surface area contributed by atoms with Gasteiger partial charge < -0.3 is 14.6 Å². The standard InChI is InChI=1S/C12H14O4/c1-15-12(14)9-16-11-6-4-10(5-7-11)3-2-8-13/h2-7,13H,8-9H2,1H3. The lowest BCUT2D eigenvalue weighted by molar-refractivity contribution is -0.142. The van der Waals surface area contributed by atoms with E-state index in [1.54, 1.807) is 24.3 Å². The zero-order valence-corrected chi connectivity index (χ0v) is 9.05. The quantitative estimate of drug-likeness (QED) is 0.762. The Morgan fingerprint density at radius 1 is 1.38 bits per heavy atom. The van der Waals surface area contributed by atoms with E-state index in [1.807, 2.05) is 12.1 Å². The molecule has 0 aliphatic heterocycles. The highest BCUT2D eigenvalue weighted by Crippen LogP contribution is 2.13. The Kier molecular flexibility index (Phi) is 5.08. The highest BCUT2D eigenvalue weighted by molar-refractivity contribution is 5.70. The van der Waals surface area contributed by atoms with E-state index in [0.717, 1.165) is 5.56 Å². The van der Waals surface area contributed by atoms with E-state index < -0.39 is 5.97 Å². The lowest BCUT2D eigenvalue weighted by Crippen LogP contribution is -2.12. The minimum absolute atomic E-state index is 0.0145. The number of aliphatic hydroxyl groups excluding tert-OH is 1. The first kappa shape index (κ1) is 12.3. The Balaban J connectivity index is 2.51.